The van der Waals surface area contributed by atoms with Gasteiger partial charge in [-0.15, -0.1) is 0 Å². The lowest BCUT2D eigenvalue weighted by Gasteiger charge is -2.11. The maximum atomic E-state index is 12.6. The van der Waals surface area contributed by atoms with Gasteiger partial charge in [0.25, 0.3) is 5.91 Å². The van der Waals surface area contributed by atoms with Crippen LogP contribution in [-0.4, -0.2) is 23.0 Å². The third kappa shape index (κ3) is 4.74. The Morgan fingerprint density at radius 1 is 1.07 bits per heavy atom. The van der Waals surface area contributed by atoms with Gasteiger partial charge in [0, 0.05) is 28.2 Å². The van der Waals surface area contributed by atoms with Crippen LogP contribution in [0, 0.1) is 13.8 Å². The van der Waals surface area contributed by atoms with Crippen LogP contribution in [0.25, 0.3) is 0 Å². The summed E-state index contributed by atoms with van der Waals surface area (Å²) in [6.07, 6.45) is 0. The highest BCUT2D eigenvalue weighted by molar-refractivity contribution is 6.30. The van der Waals surface area contributed by atoms with Crippen LogP contribution < -0.4 is 15.4 Å². The van der Waals surface area contributed by atoms with E-state index in [9.17, 15) is 4.79 Å². The summed E-state index contributed by atoms with van der Waals surface area (Å²) in [5, 5.41) is 6.57. The molecule has 6 nitrogen and oxygen atoms in total. The number of amides is 1. The fourth-order valence-corrected chi connectivity index (χ4v) is 2.75. The summed E-state index contributed by atoms with van der Waals surface area (Å²) in [4.78, 5) is 21.3. The van der Waals surface area contributed by atoms with Gasteiger partial charge in [0.1, 0.15) is 11.4 Å². The van der Waals surface area contributed by atoms with Crippen LogP contribution in [0.5, 0.6) is 5.75 Å². The second-order valence-corrected chi connectivity index (χ2v) is 6.42. The highest BCUT2D eigenvalue weighted by Crippen LogP contribution is 2.22. The monoisotopic (exact) mass is 382 g/mol. The molecule has 0 aliphatic heterocycles. The number of carbonyl (C=O) groups excluding carboxylic acids is 1. The number of carbonyl (C=O) groups is 1. The lowest BCUT2D eigenvalue weighted by Crippen LogP contribution is -2.16. The summed E-state index contributed by atoms with van der Waals surface area (Å²) in [6, 6.07) is 14.3. The van der Waals surface area contributed by atoms with Gasteiger partial charge in [-0.05, 0) is 55.8 Å². The molecule has 27 heavy (non-hydrogen) atoms. The van der Waals surface area contributed by atoms with Crippen LogP contribution in [0.15, 0.2) is 48.5 Å². The predicted octanol–water partition coefficient (Wildman–Crippen LogP) is 4.75. The minimum absolute atomic E-state index is 0.266. The lowest BCUT2D eigenvalue weighted by molar-refractivity contribution is 0.102. The molecule has 0 saturated heterocycles. The Kier molecular flexibility index (Phi) is 5.57. The fourth-order valence-electron chi connectivity index (χ4n) is 2.52. The Labute approximate surface area is 162 Å². The number of hydrogen-bond donors (Lipinski definition) is 2. The number of hydrogen-bond acceptors (Lipinski definition) is 5. The molecule has 3 aromatic rings. The molecular formula is C20H19ClN4O2. The number of aryl methyl sites for hydroxylation is 2. The van der Waals surface area contributed by atoms with Crippen molar-refractivity contribution in [2.24, 2.45) is 0 Å². The van der Waals surface area contributed by atoms with E-state index in [1.165, 1.54) is 0 Å². The molecule has 1 heterocycles. The Bertz CT molecular complexity index is 991. The average Bonchev–Trinajstić information content (AvgIpc) is 2.63. The maximum Gasteiger partial charge on any atom is 0.274 e. The van der Waals surface area contributed by atoms with Gasteiger partial charge in [0.15, 0.2) is 0 Å². The molecule has 0 spiro atoms. The summed E-state index contributed by atoms with van der Waals surface area (Å²) in [7, 11) is 1.60. The van der Waals surface area contributed by atoms with Gasteiger partial charge in [-0.2, -0.15) is 0 Å². The van der Waals surface area contributed by atoms with Gasteiger partial charge in [0.2, 0.25) is 5.95 Å². The van der Waals surface area contributed by atoms with E-state index in [1.54, 1.807) is 31.4 Å². The molecule has 0 saturated carbocycles. The molecule has 1 aromatic heterocycles. The van der Waals surface area contributed by atoms with E-state index in [-0.39, 0.29) is 11.6 Å². The van der Waals surface area contributed by atoms with Crippen molar-refractivity contribution in [3.05, 3.63) is 70.5 Å². The van der Waals surface area contributed by atoms with E-state index in [0.717, 1.165) is 11.3 Å². The number of rotatable bonds is 5. The normalized spacial score (nSPS) is 10.4. The zero-order chi connectivity index (χ0) is 19.4. The fraction of sp³-hybridized carbons (Fsp3) is 0.150. The first kappa shape index (κ1) is 18.7. The van der Waals surface area contributed by atoms with Crippen molar-refractivity contribution in [1.29, 1.82) is 0 Å². The van der Waals surface area contributed by atoms with Crippen LogP contribution in [0.1, 0.15) is 21.7 Å². The van der Waals surface area contributed by atoms with Crippen LogP contribution >= 0.6 is 11.6 Å². The third-order valence-corrected chi connectivity index (χ3v) is 4.08. The SMILES string of the molecule is COc1cccc(Nc2nc(C)cc(C(=O)Nc3ccc(Cl)cc3C)n2)c1. The molecule has 7 heteroatoms. The van der Waals surface area contributed by atoms with Crippen molar-refractivity contribution in [3.63, 3.8) is 0 Å². The molecule has 2 N–H and O–H groups in total. The average molecular weight is 383 g/mol. The standard InChI is InChI=1S/C20H19ClN4O2/c1-12-9-14(21)7-8-17(12)24-19(26)18-10-13(2)22-20(25-18)23-15-5-4-6-16(11-15)27-3/h4-11H,1-3H3,(H,24,26)(H,22,23,25). The number of nitrogens with zero attached hydrogens (tertiary/aromatic N) is 2. The topological polar surface area (TPSA) is 76.1 Å². The highest BCUT2D eigenvalue weighted by Gasteiger charge is 2.12. The van der Waals surface area contributed by atoms with E-state index >= 15 is 0 Å². The second kappa shape index (κ2) is 8.05. The number of anilines is 3. The highest BCUT2D eigenvalue weighted by atomic mass is 35.5. The Morgan fingerprint density at radius 3 is 2.63 bits per heavy atom. The molecule has 1 amide bonds. The van der Waals surface area contributed by atoms with E-state index < -0.39 is 0 Å². The maximum absolute atomic E-state index is 12.6. The van der Waals surface area contributed by atoms with Gasteiger partial charge in [-0.25, -0.2) is 9.97 Å². The van der Waals surface area contributed by atoms with Crippen molar-refractivity contribution in [1.82, 2.24) is 9.97 Å². The first-order valence-electron chi connectivity index (χ1n) is 8.29. The Hall–Kier alpha value is -3.12. The number of halogens is 1. The summed E-state index contributed by atoms with van der Waals surface area (Å²) >= 11 is 5.96. The Balaban J connectivity index is 1.82. The summed E-state index contributed by atoms with van der Waals surface area (Å²) in [6.45, 7) is 3.69. The molecule has 3 rings (SSSR count). The Morgan fingerprint density at radius 2 is 1.89 bits per heavy atom. The molecular weight excluding hydrogens is 364 g/mol. The molecule has 0 aliphatic carbocycles. The first-order chi connectivity index (χ1) is 12.9. The molecule has 0 aliphatic rings. The van der Waals surface area contributed by atoms with E-state index in [4.69, 9.17) is 16.3 Å². The van der Waals surface area contributed by atoms with Crippen molar-refractivity contribution in [3.8, 4) is 5.75 Å². The lowest BCUT2D eigenvalue weighted by atomic mass is 10.2. The zero-order valence-electron chi connectivity index (χ0n) is 15.2. The zero-order valence-corrected chi connectivity index (χ0v) is 16.0. The van der Waals surface area contributed by atoms with Crippen LogP contribution in [0.4, 0.5) is 17.3 Å². The van der Waals surface area contributed by atoms with Gasteiger partial charge < -0.3 is 15.4 Å². The summed E-state index contributed by atoms with van der Waals surface area (Å²) in [5.74, 6) is 0.727. The molecule has 2 aromatic carbocycles. The molecule has 0 fully saturated rings. The summed E-state index contributed by atoms with van der Waals surface area (Å²) in [5.41, 5.74) is 3.26. The van der Waals surface area contributed by atoms with Gasteiger partial charge in [-0.1, -0.05) is 17.7 Å². The largest absolute Gasteiger partial charge is 0.497 e. The number of nitrogens with one attached hydrogen (secondary N) is 2. The van der Waals surface area contributed by atoms with E-state index in [2.05, 4.69) is 20.6 Å². The quantitative estimate of drug-likeness (QED) is 0.665. The minimum Gasteiger partial charge on any atom is -0.497 e. The van der Waals surface area contributed by atoms with E-state index in [1.807, 2.05) is 38.1 Å². The van der Waals surface area contributed by atoms with Crippen LogP contribution in [0.3, 0.4) is 0 Å². The second-order valence-electron chi connectivity index (χ2n) is 5.99. The third-order valence-electron chi connectivity index (χ3n) is 3.85. The van der Waals surface area contributed by atoms with Gasteiger partial charge in [-0.3, -0.25) is 4.79 Å². The molecule has 0 bridgehead atoms. The van der Waals surface area contributed by atoms with Gasteiger partial charge in [0.05, 0.1) is 7.11 Å². The predicted molar refractivity (Wildman–Crippen MR) is 107 cm³/mol. The summed E-state index contributed by atoms with van der Waals surface area (Å²) < 4.78 is 5.21. The van der Waals surface area contributed by atoms with Crippen molar-refractivity contribution < 1.29 is 9.53 Å². The molecule has 0 atom stereocenters. The molecule has 0 radical (unpaired) electrons. The number of methoxy groups -OCH3 is 1. The molecule has 138 valence electrons. The van der Waals surface area contributed by atoms with E-state index in [0.29, 0.717) is 28.1 Å². The first-order valence-corrected chi connectivity index (χ1v) is 8.66. The van der Waals surface area contributed by atoms with Crippen LogP contribution in [-0.2, 0) is 0 Å². The number of benzene rings is 2. The van der Waals surface area contributed by atoms with Crippen molar-refractivity contribution in [2.45, 2.75) is 13.8 Å². The van der Waals surface area contributed by atoms with Crippen LogP contribution in [0.2, 0.25) is 5.02 Å². The van der Waals surface area contributed by atoms with Crippen molar-refractivity contribution in [2.75, 3.05) is 17.7 Å². The molecule has 0 unspecified atom stereocenters. The van der Waals surface area contributed by atoms with Crippen molar-refractivity contribution >= 4 is 34.8 Å². The number of aromatic nitrogens is 2. The minimum atomic E-state index is -0.320. The van der Waals surface area contributed by atoms with Gasteiger partial charge >= 0.3 is 0 Å². The number of ether oxygens (including phenoxy) is 1. The smallest absolute Gasteiger partial charge is 0.274 e.